The molecule has 1 aromatic rings. The number of benzene rings is 1. The Kier molecular flexibility index (Phi) is 3.81. The average Bonchev–Trinajstić information content (AvgIpc) is 1.78. The van der Waals surface area contributed by atoms with Crippen LogP contribution in [0, 0.1) is 20.8 Å². The fraction of sp³-hybridized carbons (Fsp3) is 0.333. The highest BCUT2D eigenvalue weighted by Crippen LogP contribution is 2.20. The second-order valence-electron chi connectivity index (χ2n) is 3.20. The Labute approximate surface area is 84.3 Å². The van der Waals surface area contributed by atoms with Crippen molar-refractivity contribution in [3.05, 3.63) is 28.8 Å². The maximum atomic E-state index is 10.9. The zero-order valence-electron chi connectivity index (χ0n) is 8.53. The topological polar surface area (TPSA) is 89.4 Å². The first-order chi connectivity index (χ1) is 5.82. The number of hydrogen-bond donors (Lipinski definition) is 2. The van der Waals surface area contributed by atoms with Crippen LogP contribution in [-0.2, 0) is 10.1 Å². The third-order valence-corrected chi connectivity index (χ3v) is 3.02. The lowest BCUT2D eigenvalue weighted by Gasteiger charge is -2.07. The first-order valence-corrected chi connectivity index (χ1v) is 5.31. The molecule has 0 fully saturated rings. The van der Waals surface area contributed by atoms with Crippen LogP contribution in [0.4, 0.5) is 0 Å². The van der Waals surface area contributed by atoms with Gasteiger partial charge in [-0.3, -0.25) is 4.55 Å². The van der Waals surface area contributed by atoms with Gasteiger partial charge in [0.25, 0.3) is 10.1 Å². The van der Waals surface area contributed by atoms with Crippen LogP contribution in [0.5, 0.6) is 0 Å². The molecule has 0 spiro atoms. The molecular formula is C9H15NO3S. The molecule has 1 aromatic carbocycles. The molecule has 0 saturated heterocycles. The smallest absolute Gasteiger partial charge is 0.295 e. The fourth-order valence-electron chi connectivity index (χ4n) is 1.57. The zero-order valence-corrected chi connectivity index (χ0v) is 9.35. The van der Waals surface area contributed by atoms with Crippen molar-refractivity contribution in [2.24, 2.45) is 0 Å². The molecule has 0 atom stereocenters. The van der Waals surface area contributed by atoms with Crippen molar-refractivity contribution in [2.75, 3.05) is 0 Å². The van der Waals surface area contributed by atoms with Crippen LogP contribution in [-0.4, -0.2) is 13.0 Å². The van der Waals surface area contributed by atoms with Gasteiger partial charge in [0.2, 0.25) is 0 Å². The summed E-state index contributed by atoms with van der Waals surface area (Å²) < 4.78 is 30.8. The number of rotatable bonds is 1. The van der Waals surface area contributed by atoms with Gasteiger partial charge in [-0.2, -0.15) is 8.42 Å². The predicted molar refractivity (Wildman–Crippen MR) is 55.5 cm³/mol. The Morgan fingerprint density at radius 2 is 1.43 bits per heavy atom. The Bertz CT molecular complexity index is 414. The van der Waals surface area contributed by atoms with E-state index in [0.717, 1.165) is 5.56 Å². The summed E-state index contributed by atoms with van der Waals surface area (Å²) in [5.74, 6) is 0. The van der Waals surface area contributed by atoms with Crippen molar-refractivity contribution < 1.29 is 13.0 Å². The molecule has 0 radical (unpaired) electrons. The molecule has 14 heavy (non-hydrogen) atoms. The molecule has 0 unspecified atom stereocenters. The Hall–Kier alpha value is -0.910. The van der Waals surface area contributed by atoms with Gasteiger partial charge in [0, 0.05) is 0 Å². The SMILES string of the molecule is Cc1cc(C)c(S(=O)(=O)O)c(C)c1.N. The van der Waals surface area contributed by atoms with Gasteiger partial charge in [0.1, 0.15) is 0 Å². The van der Waals surface area contributed by atoms with E-state index in [1.807, 2.05) is 6.92 Å². The molecule has 0 heterocycles. The van der Waals surface area contributed by atoms with Crippen molar-refractivity contribution in [1.29, 1.82) is 0 Å². The van der Waals surface area contributed by atoms with Crippen LogP contribution in [0.2, 0.25) is 0 Å². The van der Waals surface area contributed by atoms with Crippen LogP contribution in [0.25, 0.3) is 0 Å². The standard InChI is InChI=1S/C9H12O3S.H3N/c1-6-4-7(2)9(8(3)5-6)13(10,11)12;/h4-5H,1-3H3,(H,10,11,12);1H3. The van der Waals surface area contributed by atoms with Crippen LogP contribution in [0.3, 0.4) is 0 Å². The maximum absolute atomic E-state index is 10.9. The van der Waals surface area contributed by atoms with Crippen LogP contribution in [0.15, 0.2) is 17.0 Å². The third-order valence-electron chi connectivity index (χ3n) is 1.86. The summed E-state index contributed by atoms with van der Waals surface area (Å²) in [7, 11) is -4.08. The van der Waals surface area contributed by atoms with Crippen molar-refractivity contribution >= 4 is 10.1 Å². The summed E-state index contributed by atoms with van der Waals surface area (Å²) >= 11 is 0. The quantitative estimate of drug-likeness (QED) is 0.704. The van der Waals surface area contributed by atoms with E-state index < -0.39 is 10.1 Å². The number of hydrogen-bond acceptors (Lipinski definition) is 3. The highest BCUT2D eigenvalue weighted by atomic mass is 32.2. The van der Waals surface area contributed by atoms with Crippen molar-refractivity contribution in [1.82, 2.24) is 6.15 Å². The lowest BCUT2D eigenvalue weighted by atomic mass is 10.1. The van der Waals surface area contributed by atoms with Crippen molar-refractivity contribution in [3.8, 4) is 0 Å². The van der Waals surface area contributed by atoms with Crippen molar-refractivity contribution in [2.45, 2.75) is 25.7 Å². The van der Waals surface area contributed by atoms with Gasteiger partial charge in [-0.05, 0) is 31.9 Å². The molecule has 0 aliphatic carbocycles. The maximum Gasteiger partial charge on any atom is 0.295 e. The largest absolute Gasteiger partial charge is 0.344 e. The average molecular weight is 217 g/mol. The van der Waals surface area contributed by atoms with Gasteiger partial charge in [-0.1, -0.05) is 17.7 Å². The van der Waals surface area contributed by atoms with E-state index in [-0.39, 0.29) is 11.0 Å². The van der Waals surface area contributed by atoms with E-state index in [2.05, 4.69) is 0 Å². The molecule has 0 bridgehead atoms. The highest BCUT2D eigenvalue weighted by molar-refractivity contribution is 7.86. The molecule has 0 saturated carbocycles. The van der Waals surface area contributed by atoms with E-state index in [0.29, 0.717) is 11.1 Å². The summed E-state index contributed by atoms with van der Waals surface area (Å²) in [5.41, 5.74) is 2.16. The summed E-state index contributed by atoms with van der Waals surface area (Å²) in [6.45, 7) is 5.22. The van der Waals surface area contributed by atoms with Gasteiger partial charge in [0.05, 0.1) is 4.90 Å². The Balaban J connectivity index is 0.00000169. The van der Waals surface area contributed by atoms with E-state index in [9.17, 15) is 8.42 Å². The summed E-state index contributed by atoms with van der Waals surface area (Å²) in [4.78, 5) is 0.0260. The molecule has 5 heteroatoms. The first kappa shape index (κ1) is 13.1. The lowest BCUT2D eigenvalue weighted by Crippen LogP contribution is -2.04. The summed E-state index contributed by atoms with van der Waals surface area (Å²) in [5, 5.41) is 0. The molecule has 80 valence electrons. The summed E-state index contributed by atoms with van der Waals surface area (Å²) in [6, 6.07) is 3.46. The minimum absolute atomic E-state index is 0. The summed E-state index contributed by atoms with van der Waals surface area (Å²) in [6.07, 6.45) is 0. The Morgan fingerprint density at radius 1 is 1.07 bits per heavy atom. The zero-order chi connectivity index (χ0) is 10.2. The molecule has 0 aliphatic rings. The van der Waals surface area contributed by atoms with Crippen LogP contribution >= 0.6 is 0 Å². The van der Waals surface area contributed by atoms with Gasteiger partial charge in [-0.25, -0.2) is 0 Å². The minimum atomic E-state index is -4.08. The van der Waals surface area contributed by atoms with E-state index in [1.54, 1.807) is 26.0 Å². The molecule has 0 amide bonds. The minimum Gasteiger partial charge on any atom is -0.344 e. The van der Waals surface area contributed by atoms with Crippen molar-refractivity contribution in [3.63, 3.8) is 0 Å². The number of aryl methyl sites for hydroxylation is 3. The van der Waals surface area contributed by atoms with E-state index in [4.69, 9.17) is 4.55 Å². The molecule has 0 aliphatic heterocycles. The van der Waals surface area contributed by atoms with Gasteiger partial charge < -0.3 is 6.15 Å². The van der Waals surface area contributed by atoms with Crippen LogP contribution in [0.1, 0.15) is 16.7 Å². The normalized spacial score (nSPS) is 10.9. The molecule has 0 aromatic heterocycles. The second kappa shape index (κ2) is 4.08. The predicted octanol–water partition coefficient (Wildman–Crippen LogP) is 2.02. The fourth-order valence-corrected chi connectivity index (χ4v) is 2.51. The monoisotopic (exact) mass is 217 g/mol. The first-order valence-electron chi connectivity index (χ1n) is 3.87. The van der Waals surface area contributed by atoms with Gasteiger partial charge >= 0.3 is 0 Å². The molecular weight excluding hydrogens is 202 g/mol. The molecule has 1 rings (SSSR count). The lowest BCUT2D eigenvalue weighted by molar-refractivity contribution is 0.482. The van der Waals surface area contributed by atoms with Crippen LogP contribution < -0.4 is 6.15 Å². The second-order valence-corrected chi connectivity index (χ2v) is 4.56. The Morgan fingerprint density at radius 3 is 1.71 bits per heavy atom. The molecule has 4 nitrogen and oxygen atoms in total. The van der Waals surface area contributed by atoms with E-state index >= 15 is 0 Å². The molecule has 4 N–H and O–H groups in total. The van der Waals surface area contributed by atoms with Gasteiger partial charge in [-0.15, -0.1) is 0 Å². The highest BCUT2D eigenvalue weighted by Gasteiger charge is 2.15. The van der Waals surface area contributed by atoms with E-state index in [1.165, 1.54) is 0 Å². The van der Waals surface area contributed by atoms with Gasteiger partial charge in [0.15, 0.2) is 0 Å². The third kappa shape index (κ3) is 2.54.